The smallest absolute Gasteiger partial charge is 0.247 e. The summed E-state index contributed by atoms with van der Waals surface area (Å²) in [6.45, 7) is 7.43. The molecule has 1 N–H and O–H groups in total. The summed E-state index contributed by atoms with van der Waals surface area (Å²) in [6, 6.07) is 11.9. The lowest BCUT2D eigenvalue weighted by Gasteiger charge is -2.37. The van der Waals surface area contributed by atoms with Crippen LogP contribution in [0.25, 0.3) is 0 Å². The summed E-state index contributed by atoms with van der Waals surface area (Å²) in [6.07, 6.45) is 0.788. The zero-order valence-electron chi connectivity index (χ0n) is 21.2. The summed E-state index contributed by atoms with van der Waals surface area (Å²) < 4.78 is 40.2. The van der Waals surface area contributed by atoms with Crippen molar-refractivity contribution in [2.24, 2.45) is 5.92 Å². The molecule has 0 radical (unpaired) electrons. The lowest BCUT2D eigenvalue weighted by molar-refractivity contribution is 0.0752. The average Bonchev–Trinajstić information content (AvgIpc) is 2.84. The van der Waals surface area contributed by atoms with E-state index in [0.717, 1.165) is 24.3 Å². The van der Waals surface area contributed by atoms with E-state index < -0.39 is 16.1 Å². The van der Waals surface area contributed by atoms with E-state index in [9.17, 15) is 13.5 Å². The summed E-state index contributed by atoms with van der Waals surface area (Å²) >= 11 is 0. The third-order valence-electron chi connectivity index (χ3n) is 6.18. The second kappa shape index (κ2) is 11.9. The minimum absolute atomic E-state index is 0.0854. The van der Waals surface area contributed by atoms with Crippen molar-refractivity contribution >= 4 is 10.0 Å². The van der Waals surface area contributed by atoms with E-state index in [4.69, 9.17) is 9.47 Å². The van der Waals surface area contributed by atoms with Gasteiger partial charge in [0, 0.05) is 36.2 Å². The van der Waals surface area contributed by atoms with Crippen molar-refractivity contribution in [1.82, 2.24) is 9.21 Å². The van der Waals surface area contributed by atoms with Gasteiger partial charge in [-0.25, -0.2) is 8.42 Å². The Hall–Kier alpha value is -2.57. The third-order valence-corrected chi connectivity index (χ3v) is 8.20. The van der Waals surface area contributed by atoms with Gasteiger partial charge < -0.3 is 19.5 Å². The van der Waals surface area contributed by atoms with E-state index in [0.29, 0.717) is 17.9 Å². The number of likely N-dealkylation sites (N-methyl/N-ethyl adjacent to an activating group) is 1. The van der Waals surface area contributed by atoms with E-state index in [1.165, 1.54) is 4.31 Å². The number of hydrogen-bond acceptors (Lipinski definition) is 6. The first-order valence-electron chi connectivity index (χ1n) is 12.0. The highest BCUT2D eigenvalue weighted by molar-refractivity contribution is 7.89. The molecule has 0 aliphatic carbocycles. The SMILES string of the molecule is CCCN(C)C[C@H]1Oc2cc(C#Cc3cccc(OC)c3)ccc2S(=O)(=O)N([C@@H](C)CO)C[C@H]1C. The van der Waals surface area contributed by atoms with Gasteiger partial charge in [0.1, 0.15) is 22.5 Å². The maximum Gasteiger partial charge on any atom is 0.247 e. The largest absolute Gasteiger partial charge is 0.497 e. The average molecular weight is 501 g/mol. The zero-order valence-corrected chi connectivity index (χ0v) is 22.0. The van der Waals surface area contributed by atoms with Gasteiger partial charge in [0.2, 0.25) is 10.0 Å². The molecule has 0 fully saturated rings. The van der Waals surface area contributed by atoms with Gasteiger partial charge in [-0.15, -0.1) is 0 Å². The molecule has 0 saturated carbocycles. The first-order valence-corrected chi connectivity index (χ1v) is 13.4. The van der Waals surface area contributed by atoms with E-state index >= 15 is 0 Å². The first kappa shape index (κ1) is 27.0. The van der Waals surface area contributed by atoms with Crippen molar-refractivity contribution in [3.05, 3.63) is 53.6 Å². The first-order chi connectivity index (χ1) is 16.7. The molecule has 2 aromatic carbocycles. The molecule has 1 heterocycles. The van der Waals surface area contributed by atoms with Crippen LogP contribution in [0.2, 0.25) is 0 Å². The molecule has 7 nitrogen and oxygen atoms in total. The van der Waals surface area contributed by atoms with Crippen LogP contribution < -0.4 is 9.47 Å². The Kier molecular flexibility index (Phi) is 9.20. The van der Waals surface area contributed by atoms with Gasteiger partial charge in [-0.3, -0.25) is 0 Å². The maximum atomic E-state index is 13.6. The summed E-state index contributed by atoms with van der Waals surface area (Å²) in [7, 11) is -0.223. The molecule has 0 spiro atoms. The number of fused-ring (bicyclic) bond motifs is 1. The van der Waals surface area contributed by atoms with Crippen molar-refractivity contribution in [1.29, 1.82) is 0 Å². The molecule has 0 amide bonds. The van der Waals surface area contributed by atoms with Gasteiger partial charge in [-0.2, -0.15) is 4.31 Å². The molecule has 190 valence electrons. The molecule has 0 saturated heterocycles. The Morgan fingerprint density at radius 2 is 1.94 bits per heavy atom. The minimum Gasteiger partial charge on any atom is -0.497 e. The summed E-state index contributed by atoms with van der Waals surface area (Å²) in [5, 5.41) is 9.78. The summed E-state index contributed by atoms with van der Waals surface area (Å²) in [5.74, 6) is 7.15. The van der Waals surface area contributed by atoms with E-state index in [1.807, 2.05) is 38.2 Å². The number of nitrogens with zero attached hydrogens (tertiary/aromatic N) is 2. The highest BCUT2D eigenvalue weighted by atomic mass is 32.2. The van der Waals surface area contributed by atoms with E-state index in [-0.39, 0.29) is 30.1 Å². The number of benzene rings is 2. The molecular formula is C27H36N2O5S. The van der Waals surface area contributed by atoms with Crippen LogP contribution in [0.4, 0.5) is 0 Å². The molecular weight excluding hydrogens is 464 g/mol. The van der Waals surface area contributed by atoms with Gasteiger partial charge in [-0.05, 0) is 63.3 Å². The van der Waals surface area contributed by atoms with Crippen molar-refractivity contribution in [3.63, 3.8) is 0 Å². The number of rotatable bonds is 7. The van der Waals surface area contributed by atoms with Gasteiger partial charge in [0.25, 0.3) is 0 Å². The van der Waals surface area contributed by atoms with Gasteiger partial charge in [0.15, 0.2) is 0 Å². The molecule has 1 aliphatic rings. The topological polar surface area (TPSA) is 79.3 Å². The third kappa shape index (κ3) is 6.56. The second-order valence-electron chi connectivity index (χ2n) is 9.15. The number of aliphatic hydroxyl groups excluding tert-OH is 1. The second-order valence-corrected chi connectivity index (χ2v) is 11.0. The fraction of sp³-hybridized carbons (Fsp3) is 0.481. The van der Waals surface area contributed by atoms with Crippen LogP contribution in [0.1, 0.15) is 38.3 Å². The predicted molar refractivity (Wildman–Crippen MR) is 137 cm³/mol. The number of hydrogen-bond donors (Lipinski definition) is 1. The minimum atomic E-state index is -3.87. The Morgan fingerprint density at radius 1 is 1.23 bits per heavy atom. The molecule has 3 atom stereocenters. The monoisotopic (exact) mass is 500 g/mol. The lowest BCUT2D eigenvalue weighted by Crippen LogP contribution is -2.49. The van der Waals surface area contributed by atoms with Crippen LogP contribution >= 0.6 is 0 Å². The fourth-order valence-corrected chi connectivity index (χ4v) is 5.97. The number of aliphatic hydroxyl groups is 1. The van der Waals surface area contributed by atoms with Crippen LogP contribution in [0.3, 0.4) is 0 Å². The van der Waals surface area contributed by atoms with Crippen molar-refractivity contribution in [2.75, 3.05) is 40.4 Å². The number of methoxy groups -OCH3 is 1. The Balaban J connectivity index is 2.05. The van der Waals surface area contributed by atoms with Gasteiger partial charge in [-0.1, -0.05) is 31.8 Å². The summed E-state index contributed by atoms with van der Waals surface area (Å²) in [4.78, 5) is 2.29. The van der Waals surface area contributed by atoms with Gasteiger partial charge >= 0.3 is 0 Å². The molecule has 0 unspecified atom stereocenters. The van der Waals surface area contributed by atoms with Crippen LogP contribution in [0.5, 0.6) is 11.5 Å². The van der Waals surface area contributed by atoms with Crippen molar-refractivity contribution < 1.29 is 23.0 Å². The molecule has 8 heteroatoms. The molecule has 0 bridgehead atoms. The van der Waals surface area contributed by atoms with E-state index in [2.05, 4.69) is 23.7 Å². The normalized spacial score (nSPS) is 20.5. The zero-order chi connectivity index (χ0) is 25.6. The van der Waals surface area contributed by atoms with Crippen LogP contribution in [0, 0.1) is 17.8 Å². The van der Waals surface area contributed by atoms with Crippen molar-refractivity contribution in [2.45, 2.75) is 44.2 Å². The standard InChI is InChI=1S/C27H36N2O5S/c1-6-14-28(4)18-26-20(2)17-29(21(3)19-30)35(31,32)27-13-12-23(16-25(27)34-26)11-10-22-8-7-9-24(15-22)33-5/h7-9,12-13,15-16,20-21,26,30H,6,14,17-19H2,1-5H3/t20-,21+,26-/m1/s1. The fourth-order valence-electron chi connectivity index (χ4n) is 4.15. The molecule has 0 aromatic heterocycles. The Morgan fingerprint density at radius 3 is 2.60 bits per heavy atom. The van der Waals surface area contributed by atoms with Crippen LogP contribution in [-0.4, -0.2) is 75.3 Å². The molecule has 35 heavy (non-hydrogen) atoms. The quantitative estimate of drug-likeness (QED) is 0.589. The molecule has 2 aromatic rings. The Bertz CT molecular complexity index is 1170. The highest BCUT2D eigenvalue weighted by Crippen LogP contribution is 2.34. The van der Waals surface area contributed by atoms with E-state index in [1.54, 1.807) is 32.2 Å². The molecule has 1 aliphatic heterocycles. The Labute approximate surface area is 209 Å². The lowest BCUT2D eigenvalue weighted by atomic mass is 10.0. The predicted octanol–water partition coefficient (Wildman–Crippen LogP) is 3.21. The summed E-state index contributed by atoms with van der Waals surface area (Å²) in [5.41, 5.74) is 1.44. The number of ether oxygens (including phenoxy) is 2. The van der Waals surface area contributed by atoms with Crippen LogP contribution in [-0.2, 0) is 10.0 Å². The number of sulfonamides is 1. The van der Waals surface area contributed by atoms with Crippen molar-refractivity contribution in [3.8, 4) is 23.3 Å². The molecule has 3 rings (SSSR count). The van der Waals surface area contributed by atoms with Crippen LogP contribution in [0.15, 0.2) is 47.4 Å². The maximum absolute atomic E-state index is 13.6. The highest BCUT2D eigenvalue weighted by Gasteiger charge is 2.38. The van der Waals surface area contributed by atoms with Gasteiger partial charge in [0.05, 0.1) is 13.7 Å².